The lowest BCUT2D eigenvalue weighted by Crippen LogP contribution is -2.43. The number of fused-ring (bicyclic) bond motifs is 1. The van der Waals surface area contributed by atoms with Crippen LogP contribution in [0.25, 0.3) is 10.9 Å². The fourth-order valence-corrected chi connectivity index (χ4v) is 3.74. The molecule has 0 spiro atoms. The summed E-state index contributed by atoms with van der Waals surface area (Å²) in [5.74, 6) is 0.613. The molecule has 1 unspecified atom stereocenters. The first-order chi connectivity index (χ1) is 15.0. The van der Waals surface area contributed by atoms with Crippen molar-refractivity contribution in [3.05, 3.63) is 36.5 Å². The molecule has 3 N–H and O–H groups in total. The molecule has 1 aromatic heterocycles. The molecule has 9 heteroatoms. The minimum Gasteiger partial charge on any atom is -0.357 e. The summed E-state index contributed by atoms with van der Waals surface area (Å²) in [6.07, 6.45) is 4.31. The maximum atomic E-state index is 12.4. The van der Waals surface area contributed by atoms with Crippen molar-refractivity contribution >= 4 is 52.8 Å². The molecule has 1 aliphatic heterocycles. The van der Waals surface area contributed by atoms with Gasteiger partial charge in [-0.1, -0.05) is 25.1 Å². The Morgan fingerprint density at radius 1 is 1.09 bits per heavy atom. The van der Waals surface area contributed by atoms with E-state index in [4.69, 9.17) is 0 Å². The quantitative estimate of drug-likeness (QED) is 0.138. The highest BCUT2D eigenvalue weighted by molar-refractivity contribution is 14.0. The van der Waals surface area contributed by atoms with Crippen LogP contribution in [0.1, 0.15) is 40.0 Å². The van der Waals surface area contributed by atoms with Gasteiger partial charge >= 0.3 is 6.03 Å². The Bertz CT molecular complexity index is 943. The van der Waals surface area contributed by atoms with Crippen LogP contribution in [0.4, 0.5) is 4.79 Å². The van der Waals surface area contributed by atoms with Crippen molar-refractivity contribution in [1.82, 2.24) is 25.4 Å². The molecule has 1 aliphatic rings. The van der Waals surface area contributed by atoms with E-state index in [1.165, 1.54) is 15.8 Å². The maximum absolute atomic E-state index is 12.4. The van der Waals surface area contributed by atoms with Gasteiger partial charge in [0.15, 0.2) is 5.96 Å². The highest BCUT2D eigenvalue weighted by Crippen LogP contribution is 2.20. The number of amides is 3. The number of hydrogen-bond donors (Lipinski definition) is 3. The van der Waals surface area contributed by atoms with E-state index in [-0.39, 0.29) is 35.9 Å². The molecule has 0 radical (unpaired) electrons. The molecule has 1 fully saturated rings. The van der Waals surface area contributed by atoms with Gasteiger partial charge in [-0.05, 0) is 50.6 Å². The molecule has 1 aromatic carbocycles. The Kier molecular flexibility index (Phi) is 9.80. The number of aryl methyl sites for hydroxylation is 1. The molecular formula is C23H35IN6O2. The van der Waals surface area contributed by atoms with Crippen molar-refractivity contribution in [1.29, 1.82) is 0 Å². The summed E-state index contributed by atoms with van der Waals surface area (Å²) in [4.78, 5) is 30.4. The Morgan fingerprint density at radius 2 is 1.88 bits per heavy atom. The molecule has 8 nitrogen and oxygen atoms in total. The summed E-state index contributed by atoms with van der Waals surface area (Å²) in [7, 11) is 0. The minimum atomic E-state index is -0.776. The van der Waals surface area contributed by atoms with Gasteiger partial charge in [0.2, 0.25) is 0 Å². The topological polar surface area (TPSA) is 90.8 Å². The average Bonchev–Trinajstić information content (AvgIpc) is 3.27. The number of urea groups is 1. The van der Waals surface area contributed by atoms with Gasteiger partial charge in [-0.3, -0.25) is 14.7 Å². The summed E-state index contributed by atoms with van der Waals surface area (Å²) < 4.78 is 2.27. The molecule has 3 amide bonds. The number of imide groups is 1. The van der Waals surface area contributed by atoms with Crippen molar-refractivity contribution in [2.24, 2.45) is 4.99 Å². The Morgan fingerprint density at radius 3 is 2.59 bits per heavy atom. The second kappa shape index (κ2) is 12.1. The van der Waals surface area contributed by atoms with Gasteiger partial charge in [0.05, 0.1) is 0 Å². The number of guanidine groups is 1. The van der Waals surface area contributed by atoms with Crippen LogP contribution in [-0.4, -0.2) is 59.1 Å². The van der Waals surface area contributed by atoms with Gasteiger partial charge in [0, 0.05) is 44.4 Å². The summed E-state index contributed by atoms with van der Waals surface area (Å²) in [5, 5.41) is 10.7. The molecule has 0 saturated carbocycles. The van der Waals surface area contributed by atoms with E-state index in [0.717, 1.165) is 32.0 Å². The number of nitrogens with one attached hydrogen (secondary N) is 3. The molecule has 1 saturated heterocycles. The third-order valence-electron chi connectivity index (χ3n) is 5.75. The van der Waals surface area contributed by atoms with Crippen molar-refractivity contribution in [3.8, 4) is 0 Å². The lowest BCUT2D eigenvalue weighted by Gasteiger charge is -2.19. The lowest BCUT2D eigenvalue weighted by molar-refractivity contribution is -0.130. The van der Waals surface area contributed by atoms with Crippen LogP contribution in [0, 0.1) is 0 Å². The second-order valence-electron chi connectivity index (χ2n) is 8.04. The Hall–Kier alpha value is -2.30. The highest BCUT2D eigenvalue weighted by atomic mass is 127. The molecule has 176 valence electrons. The number of benzene rings is 1. The van der Waals surface area contributed by atoms with E-state index in [2.05, 4.69) is 62.0 Å². The molecule has 32 heavy (non-hydrogen) atoms. The fourth-order valence-electron chi connectivity index (χ4n) is 3.74. The maximum Gasteiger partial charge on any atom is 0.325 e. The number of carbonyl (C=O) groups is 2. The molecule has 2 aromatic rings. The van der Waals surface area contributed by atoms with Crippen LogP contribution in [0.3, 0.4) is 0 Å². The molecular weight excluding hydrogens is 519 g/mol. The number of carbonyl (C=O) groups excluding carboxylic acids is 2. The smallest absolute Gasteiger partial charge is 0.325 e. The number of aliphatic imine (C=N–C) groups is 1. The zero-order chi connectivity index (χ0) is 22.3. The van der Waals surface area contributed by atoms with E-state index in [0.29, 0.717) is 25.9 Å². The number of para-hydroxylation sites is 1. The van der Waals surface area contributed by atoms with Crippen molar-refractivity contribution < 1.29 is 9.59 Å². The van der Waals surface area contributed by atoms with E-state index < -0.39 is 5.54 Å². The van der Waals surface area contributed by atoms with Crippen LogP contribution in [-0.2, 0) is 11.3 Å². The SMILES string of the molecule is CCNC(=NCCCN1C(=O)NC(C)(CC)C1=O)NCCCn1ccc2ccccc21.I. The second-order valence-corrected chi connectivity index (χ2v) is 8.04. The molecule has 0 bridgehead atoms. The van der Waals surface area contributed by atoms with E-state index >= 15 is 0 Å². The van der Waals surface area contributed by atoms with Gasteiger partial charge in [0.25, 0.3) is 5.91 Å². The number of hydrogen-bond acceptors (Lipinski definition) is 3. The molecule has 2 heterocycles. The molecule has 1 atom stereocenters. The van der Waals surface area contributed by atoms with Crippen LogP contribution < -0.4 is 16.0 Å². The first kappa shape index (κ1) is 26.0. The van der Waals surface area contributed by atoms with Gasteiger partial charge in [-0.15, -0.1) is 24.0 Å². The van der Waals surface area contributed by atoms with Gasteiger partial charge < -0.3 is 20.5 Å². The van der Waals surface area contributed by atoms with E-state index in [1.54, 1.807) is 6.92 Å². The summed E-state index contributed by atoms with van der Waals surface area (Å²) in [6, 6.07) is 10.2. The number of halogens is 1. The predicted molar refractivity (Wildman–Crippen MR) is 140 cm³/mol. The average molecular weight is 554 g/mol. The summed E-state index contributed by atoms with van der Waals surface area (Å²) in [6.45, 7) is 9.13. The van der Waals surface area contributed by atoms with Gasteiger partial charge in [0.1, 0.15) is 5.54 Å². The Labute approximate surface area is 207 Å². The zero-order valence-corrected chi connectivity index (χ0v) is 21.5. The first-order valence-corrected chi connectivity index (χ1v) is 11.2. The summed E-state index contributed by atoms with van der Waals surface area (Å²) in [5.41, 5.74) is 0.477. The third-order valence-corrected chi connectivity index (χ3v) is 5.75. The van der Waals surface area contributed by atoms with Crippen molar-refractivity contribution in [2.45, 2.75) is 52.1 Å². The third kappa shape index (κ3) is 6.14. The largest absolute Gasteiger partial charge is 0.357 e. The highest BCUT2D eigenvalue weighted by Gasteiger charge is 2.45. The fraction of sp³-hybridized carbons (Fsp3) is 0.522. The van der Waals surface area contributed by atoms with Gasteiger partial charge in [-0.2, -0.15) is 0 Å². The van der Waals surface area contributed by atoms with Gasteiger partial charge in [-0.25, -0.2) is 4.79 Å². The lowest BCUT2D eigenvalue weighted by atomic mass is 9.99. The van der Waals surface area contributed by atoms with E-state index in [9.17, 15) is 9.59 Å². The van der Waals surface area contributed by atoms with Crippen LogP contribution in [0.2, 0.25) is 0 Å². The molecule has 3 rings (SSSR count). The minimum absolute atomic E-state index is 0. The van der Waals surface area contributed by atoms with E-state index in [1.807, 2.05) is 13.8 Å². The van der Waals surface area contributed by atoms with Crippen LogP contribution >= 0.6 is 24.0 Å². The molecule has 0 aliphatic carbocycles. The van der Waals surface area contributed by atoms with Crippen LogP contribution in [0.15, 0.2) is 41.5 Å². The van der Waals surface area contributed by atoms with Crippen LogP contribution in [0.5, 0.6) is 0 Å². The number of nitrogens with zero attached hydrogens (tertiary/aromatic N) is 3. The monoisotopic (exact) mass is 554 g/mol. The normalized spacial score (nSPS) is 18.6. The zero-order valence-electron chi connectivity index (χ0n) is 19.2. The summed E-state index contributed by atoms with van der Waals surface area (Å²) >= 11 is 0. The van der Waals surface area contributed by atoms with Crippen molar-refractivity contribution in [2.75, 3.05) is 26.2 Å². The first-order valence-electron chi connectivity index (χ1n) is 11.2. The number of rotatable bonds is 10. The standard InChI is InChI=1S/C23H34N6O2.HI/c1-4-23(3)20(30)29(22(31)27-23)16-9-14-26-21(24-5-2)25-13-8-15-28-17-12-18-10-6-7-11-19(18)28;/h6-7,10-12,17H,4-5,8-9,13-16H2,1-3H3,(H,27,31)(H2,24,25,26);1H. The Balaban J connectivity index is 0.00000363. The van der Waals surface area contributed by atoms with Crippen molar-refractivity contribution in [3.63, 3.8) is 0 Å². The predicted octanol–water partition coefficient (Wildman–Crippen LogP) is 3.32. The number of aromatic nitrogens is 1.